The number of hydrogen-bond donors (Lipinski definition) is 1. The maximum absolute atomic E-state index is 12.5. The van der Waals surface area contributed by atoms with Crippen molar-refractivity contribution in [1.29, 1.82) is 0 Å². The number of thioether (sulfide) groups is 1. The van der Waals surface area contributed by atoms with E-state index in [1.165, 1.54) is 28.3 Å². The third-order valence-electron chi connectivity index (χ3n) is 4.37. The zero-order chi connectivity index (χ0) is 20.9. The van der Waals surface area contributed by atoms with Crippen LogP contribution in [0.5, 0.6) is 0 Å². The molecule has 0 radical (unpaired) electrons. The fourth-order valence-corrected chi connectivity index (χ4v) is 4.83. The van der Waals surface area contributed by atoms with Crippen LogP contribution in [-0.2, 0) is 14.8 Å². The SMILES string of the molecule is CCN(CC)S(=O)(=O)c1ccc(SC(C)C(=O)Nc2cc(C)ccc2C)nc1. The fourth-order valence-electron chi connectivity index (χ4n) is 2.64. The molecule has 0 bridgehead atoms. The van der Waals surface area contributed by atoms with Crippen LogP contribution in [0.25, 0.3) is 0 Å². The molecular formula is C20H27N3O3S2. The Hall–Kier alpha value is -1.90. The van der Waals surface area contributed by atoms with Crippen LogP contribution >= 0.6 is 11.8 Å². The third-order valence-corrected chi connectivity index (χ3v) is 7.45. The average molecular weight is 422 g/mol. The standard InChI is InChI=1S/C20H27N3O3S2/c1-6-23(7-2)28(25,26)17-10-11-19(21-13-17)27-16(5)20(24)22-18-12-14(3)8-9-15(18)4/h8-13,16H,6-7H2,1-5H3,(H,22,24). The first-order valence-electron chi connectivity index (χ1n) is 9.20. The highest BCUT2D eigenvalue weighted by molar-refractivity contribution is 8.00. The van der Waals surface area contributed by atoms with Crippen LogP contribution in [-0.4, -0.2) is 42.0 Å². The first-order valence-corrected chi connectivity index (χ1v) is 11.5. The van der Waals surface area contributed by atoms with Gasteiger partial charge in [0.05, 0.1) is 10.3 Å². The van der Waals surface area contributed by atoms with E-state index in [9.17, 15) is 13.2 Å². The minimum Gasteiger partial charge on any atom is -0.325 e. The van der Waals surface area contributed by atoms with Crippen molar-refractivity contribution in [3.63, 3.8) is 0 Å². The number of aromatic nitrogens is 1. The summed E-state index contributed by atoms with van der Waals surface area (Å²) in [5, 5.41) is 3.17. The second-order valence-electron chi connectivity index (χ2n) is 6.49. The Morgan fingerprint density at radius 1 is 1.18 bits per heavy atom. The van der Waals surface area contributed by atoms with Gasteiger partial charge in [-0.15, -0.1) is 0 Å². The summed E-state index contributed by atoms with van der Waals surface area (Å²) in [4.78, 5) is 16.9. The van der Waals surface area contributed by atoms with Crippen molar-refractivity contribution in [3.8, 4) is 0 Å². The number of carbonyl (C=O) groups excluding carboxylic acids is 1. The van der Waals surface area contributed by atoms with Gasteiger partial charge in [0.15, 0.2) is 0 Å². The molecule has 2 rings (SSSR count). The molecule has 2 aromatic rings. The summed E-state index contributed by atoms with van der Waals surface area (Å²) >= 11 is 1.29. The third kappa shape index (κ3) is 5.33. The van der Waals surface area contributed by atoms with Crippen LogP contribution in [0.3, 0.4) is 0 Å². The lowest BCUT2D eigenvalue weighted by atomic mass is 10.1. The number of amides is 1. The van der Waals surface area contributed by atoms with E-state index in [0.717, 1.165) is 16.8 Å². The van der Waals surface area contributed by atoms with Crippen molar-refractivity contribution < 1.29 is 13.2 Å². The smallest absolute Gasteiger partial charge is 0.244 e. The zero-order valence-electron chi connectivity index (χ0n) is 16.9. The van der Waals surface area contributed by atoms with Gasteiger partial charge in [0.25, 0.3) is 0 Å². The maximum Gasteiger partial charge on any atom is 0.244 e. The Balaban J connectivity index is 2.07. The van der Waals surface area contributed by atoms with Crippen LogP contribution in [0.2, 0.25) is 0 Å². The Kier molecular flexibility index (Phi) is 7.63. The van der Waals surface area contributed by atoms with Crippen LogP contribution < -0.4 is 5.32 Å². The molecule has 152 valence electrons. The number of aryl methyl sites for hydroxylation is 2. The molecule has 0 aliphatic heterocycles. The topological polar surface area (TPSA) is 79.4 Å². The molecule has 8 heteroatoms. The lowest BCUT2D eigenvalue weighted by molar-refractivity contribution is -0.115. The molecule has 0 saturated heterocycles. The van der Waals surface area contributed by atoms with Crippen LogP contribution in [0.1, 0.15) is 31.9 Å². The van der Waals surface area contributed by atoms with Gasteiger partial charge in [-0.05, 0) is 50.1 Å². The predicted molar refractivity (Wildman–Crippen MR) is 114 cm³/mol. The summed E-state index contributed by atoms with van der Waals surface area (Å²) in [6.45, 7) is 10.1. The highest BCUT2D eigenvalue weighted by atomic mass is 32.2. The van der Waals surface area contributed by atoms with Crippen molar-refractivity contribution in [3.05, 3.63) is 47.7 Å². The van der Waals surface area contributed by atoms with Gasteiger partial charge in [-0.25, -0.2) is 13.4 Å². The van der Waals surface area contributed by atoms with E-state index in [1.807, 2.05) is 32.0 Å². The van der Waals surface area contributed by atoms with Gasteiger partial charge in [-0.3, -0.25) is 4.79 Å². The molecule has 1 N–H and O–H groups in total. The van der Waals surface area contributed by atoms with E-state index in [1.54, 1.807) is 26.8 Å². The van der Waals surface area contributed by atoms with E-state index in [-0.39, 0.29) is 16.1 Å². The number of carbonyl (C=O) groups is 1. The Morgan fingerprint density at radius 2 is 1.86 bits per heavy atom. The second kappa shape index (κ2) is 9.54. The lowest BCUT2D eigenvalue weighted by Crippen LogP contribution is -2.30. The van der Waals surface area contributed by atoms with E-state index < -0.39 is 10.0 Å². The van der Waals surface area contributed by atoms with Crippen LogP contribution in [0.4, 0.5) is 5.69 Å². The number of rotatable bonds is 8. The summed E-state index contributed by atoms with van der Waals surface area (Å²) in [6, 6.07) is 9.09. The van der Waals surface area contributed by atoms with Crippen molar-refractivity contribution >= 4 is 33.4 Å². The summed E-state index contributed by atoms with van der Waals surface area (Å²) < 4.78 is 26.4. The molecule has 1 unspecified atom stereocenters. The second-order valence-corrected chi connectivity index (χ2v) is 9.79. The number of anilines is 1. The zero-order valence-corrected chi connectivity index (χ0v) is 18.5. The van der Waals surface area contributed by atoms with Gasteiger partial charge in [-0.1, -0.05) is 37.7 Å². The Morgan fingerprint density at radius 3 is 2.43 bits per heavy atom. The molecule has 1 atom stereocenters. The molecule has 6 nitrogen and oxygen atoms in total. The molecule has 0 aliphatic rings. The molecule has 0 saturated carbocycles. The van der Waals surface area contributed by atoms with Crippen molar-refractivity contribution in [2.45, 2.75) is 49.8 Å². The molecule has 1 aromatic carbocycles. The monoisotopic (exact) mass is 421 g/mol. The number of hydrogen-bond acceptors (Lipinski definition) is 5. The first kappa shape index (κ1) is 22.4. The number of benzene rings is 1. The number of pyridine rings is 1. The summed E-state index contributed by atoms with van der Waals surface area (Å²) in [5.74, 6) is -0.125. The van der Waals surface area contributed by atoms with E-state index >= 15 is 0 Å². The van der Waals surface area contributed by atoms with Crippen molar-refractivity contribution in [1.82, 2.24) is 9.29 Å². The fraction of sp³-hybridized carbons (Fsp3) is 0.400. The highest BCUT2D eigenvalue weighted by Crippen LogP contribution is 2.25. The van der Waals surface area contributed by atoms with E-state index in [2.05, 4.69) is 10.3 Å². The number of nitrogens with zero attached hydrogens (tertiary/aromatic N) is 2. The van der Waals surface area contributed by atoms with Gasteiger partial charge in [0.2, 0.25) is 15.9 Å². The minimum atomic E-state index is -3.53. The lowest BCUT2D eigenvalue weighted by Gasteiger charge is -2.18. The molecule has 0 aliphatic carbocycles. The molecule has 28 heavy (non-hydrogen) atoms. The predicted octanol–water partition coefficient (Wildman–Crippen LogP) is 3.85. The van der Waals surface area contributed by atoms with E-state index in [4.69, 9.17) is 0 Å². The summed E-state index contributed by atoms with van der Waals surface area (Å²) in [6.07, 6.45) is 1.35. The number of sulfonamides is 1. The largest absolute Gasteiger partial charge is 0.325 e. The van der Waals surface area contributed by atoms with Crippen molar-refractivity contribution in [2.24, 2.45) is 0 Å². The quantitative estimate of drug-likeness (QED) is 0.655. The molecule has 1 amide bonds. The Labute approximate surface area is 171 Å². The molecule has 0 spiro atoms. The molecular weight excluding hydrogens is 394 g/mol. The first-order chi connectivity index (χ1) is 13.2. The maximum atomic E-state index is 12.5. The normalized spacial score (nSPS) is 12.8. The van der Waals surface area contributed by atoms with Crippen molar-refractivity contribution in [2.75, 3.05) is 18.4 Å². The van der Waals surface area contributed by atoms with Gasteiger partial charge in [0.1, 0.15) is 4.90 Å². The van der Waals surface area contributed by atoms with Gasteiger partial charge < -0.3 is 5.32 Å². The average Bonchev–Trinajstić information content (AvgIpc) is 2.65. The molecule has 1 aromatic heterocycles. The highest BCUT2D eigenvalue weighted by Gasteiger charge is 2.22. The minimum absolute atomic E-state index is 0.125. The number of nitrogens with one attached hydrogen (secondary N) is 1. The van der Waals surface area contributed by atoms with Gasteiger partial charge in [-0.2, -0.15) is 4.31 Å². The van der Waals surface area contributed by atoms with Crippen LogP contribution in [0.15, 0.2) is 46.5 Å². The summed E-state index contributed by atoms with van der Waals surface area (Å²) in [5.41, 5.74) is 2.87. The van der Waals surface area contributed by atoms with E-state index in [0.29, 0.717) is 18.1 Å². The summed E-state index contributed by atoms with van der Waals surface area (Å²) in [7, 11) is -3.53. The van der Waals surface area contributed by atoms with Gasteiger partial charge >= 0.3 is 0 Å². The van der Waals surface area contributed by atoms with Crippen LogP contribution in [0, 0.1) is 13.8 Å². The Bertz CT molecular complexity index is 924. The van der Waals surface area contributed by atoms with Gasteiger partial charge in [0, 0.05) is 25.0 Å². The molecule has 0 fully saturated rings. The molecule has 1 heterocycles.